The number of halogens is 5. The van der Waals surface area contributed by atoms with Gasteiger partial charge in [-0.2, -0.15) is 13.2 Å². The topological polar surface area (TPSA) is 0 Å². The molecule has 0 amide bonds. The van der Waals surface area contributed by atoms with Crippen LogP contribution in [0, 0.1) is 5.82 Å². The minimum Gasteiger partial charge on any atom is -0.206 e. The zero-order chi connectivity index (χ0) is 11.5. The summed E-state index contributed by atoms with van der Waals surface area (Å²) in [6.45, 7) is 0. The van der Waals surface area contributed by atoms with Gasteiger partial charge in [0.15, 0.2) is 0 Å². The summed E-state index contributed by atoms with van der Waals surface area (Å²) in [5, 5.41) is 0.461. The summed E-state index contributed by atoms with van der Waals surface area (Å²) in [6.07, 6.45) is -1.61. The van der Waals surface area contributed by atoms with E-state index in [1.807, 2.05) is 0 Å². The van der Waals surface area contributed by atoms with Crippen molar-refractivity contribution < 1.29 is 17.6 Å². The molecule has 1 aromatic rings. The quantitative estimate of drug-likeness (QED) is 0.562. The Hall–Kier alpha value is -0.840. The van der Waals surface area contributed by atoms with Gasteiger partial charge >= 0.3 is 6.18 Å². The van der Waals surface area contributed by atoms with Crippen LogP contribution in [0.1, 0.15) is 11.1 Å². The van der Waals surface area contributed by atoms with Gasteiger partial charge in [-0.05, 0) is 18.2 Å². The average Bonchev–Trinajstić information content (AvgIpc) is 2.15. The van der Waals surface area contributed by atoms with Gasteiger partial charge in [0.25, 0.3) is 0 Å². The third kappa shape index (κ3) is 3.34. The molecule has 0 aliphatic rings. The van der Waals surface area contributed by atoms with Crippen LogP contribution in [0.25, 0.3) is 6.08 Å². The Kier molecular flexibility index (Phi) is 3.90. The molecule has 5 heteroatoms. The fourth-order valence-electron chi connectivity index (χ4n) is 1.02. The van der Waals surface area contributed by atoms with E-state index in [1.54, 1.807) is 0 Å². The molecule has 1 aromatic carbocycles. The molecule has 0 bridgehead atoms. The Morgan fingerprint density at radius 2 is 1.93 bits per heavy atom. The summed E-state index contributed by atoms with van der Waals surface area (Å²) >= 11 is 3.06. The third-order valence-electron chi connectivity index (χ3n) is 1.71. The maximum Gasteiger partial charge on any atom is 0.416 e. The first-order valence-corrected chi connectivity index (χ1v) is 5.16. The Morgan fingerprint density at radius 3 is 2.47 bits per heavy atom. The average molecular weight is 283 g/mol. The molecule has 0 aromatic heterocycles. The highest BCUT2D eigenvalue weighted by atomic mass is 79.9. The van der Waals surface area contributed by atoms with Crippen LogP contribution < -0.4 is 0 Å². The van der Waals surface area contributed by atoms with Crippen LogP contribution in [0.5, 0.6) is 0 Å². The molecule has 0 spiro atoms. The van der Waals surface area contributed by atoms with E-state index in [0.29, 0.717) is 5.33 Å². The van der Waals surface area contributed by atoms with Crippen LogP contribution in [-0.2, 0) is 6.18 Å². The normalized spacial score (nSPS) is 12.3. The molecule has 0 saturated carbocycles. The number of hydrogen-bond acceptors (Lipinski definition) is 0. The first-order valence-electron chi connectivity index (χ1n) is 4.04. The summed E-state index contributed by atoms with van der Waals surface area (Å²) < 4.78 is 49.8. The predicted molar refractivity (Wildman–Crippen MR) is 54.2 cm³/mol. The highest BCUT2D eigenvalue weighted by Gasteiger charge is 2.30. The second-order valence-corrected chi connectivity index (χ2v) is 3.44. The molecule has 0 atom stereocenters. The van der Waals surface area contributed by atoms with Gasteiger partial charge in [-0.15, -0.1) is 0 Å². The van der Waals surface area contributed by atoms with Gasteiger partial charge in [-0.3, -0.25) is 0 Å². The fraction of sp³-hybridized carbons (Fsp3) is 0.200. The number of rotatable bonds is 2. The molecular formula is C10H7BrF4. The zero-order valence-corrected chi connectivity index (χ0v) is 9.07. The maximum absolute atomic E-state index is 13.0. The minimum atomic E-state index is -4.44. The molecule has 82 valence electrons. The van der Waals surface area contributed by atoms with E-state index in [1.165, 1.54) is 12.2 Å². The van der Waals surface area contributed by atoms with Gasteiger partial charge in [0.1, 0.15) is 5.82 Å². The molecule has 0 aliphatic carbocycles. The lowest BCUT2D eigenvalue weighted by Gasteiger charge is -2.07. The second-order valence-electron chi connectivity index (χ2n) is 2.79. The first-order chi connectivity index (χ1) is 6.95. The van der Waals surface area contributed by atoms with Crippen LogP contribution in [0.15, 0.2) is 24.3 Å². The Morgan fingerprint density at radius 1 is 1.27 bits per heavy atom. The molecular weight excluding hydrogens is 276 g/mol. The Labute approximate surface area is 92.7 Å². The van der Waals surface area contributed by atoms with Crippen molar-refractivity contribution in [1.82, 2.24) is 0 Å². The predicted octanol–water partition coefficient (Wildman–Crippen LogP) is 4.25. The number of allylic oxidation sites excluding steroid dienone is 1. The molecule has 15 heavy (non-hydrogen) atoms. The monoisotopic (exact) mass is 282 g/mol. The van der Waals surface area contributed by atoms with Gasteiger partial charge in [0.2, 0.25) is 0 Å². The van der Waals surface area contributed by atoms with Crippen molar-refractivity contribution in [2.24, 2.45) is 0 Å². The van der Waals surface area contributed by atoms with E-state index in [4.69, 9.17) is 0 Å². The first kappa shape index (κ1) is 12.2. The molecule has 0 aliphatic heterocycles. The highest BCUT2D eigenvalue weighted by molar-refractivity contribution is 9.09. The van der Waals surface area contributed by atoms with Crippen molar-refractivity contribution >= 4 is 22.0 Å². The summed E-state index contributed by atoms with van der Waals surface area (Å²) in [5.74, 6) is -0.666. The Bertz CT molecular complexity index is 368. The second kappa shape index (κ2) is 4.79. The van der Waals surface area contributed by atoms with Gasteiger partial charge in [-0.25, -0.2) is 4.39 Å². The largest absolute Gasteiger partial charge is 0.416 e. The van der Waals surface area contributed by atoms with Crippen molar-refractivity contribution in [3.05, 3.63) is 41.2 Å². The number of benzene rings is 1. The smallest absolute Gasteiger partial charge is 0.206 e. The lowest BCUT2D eigenvalue weighted by atomic mass is 10.1. The van der Waals surface area contributed by atoms with E-state index in [9.17, 15) is 17.6 Å². The van der Waals surface area contributed by atoms with Crippen LogP contribution in [0.4, 0.5) is 17.6 Å². The van der Waals surface area contributed by atoms with Gasteiger partial charge in [0, 0.05) is 10.9 Å². The van der Waals surface area contributed by atoms with Gasteiger partial charge in [-0.1, -0.05) is 28.1 Å². The van der Waals surface area contributed by atoms with Crippen molar-refractivity contribution in [2.45, 2.75) is 6.18 Å². The van der Waals surface area contributed by atoms with Crippen LogP contribution >= 0.6 is 15.9 Å². The van der Waals surface area contributed by atoms with E-state index >= 15 is 0 Å². The molecule has 0 N–H and O–H groups in total. The maximum atomic E-state index is 13.0. The van der Waals surface area contributed by atoms with Gasteiger partial charge < -0.3 is 0 Å². The summed E-state index contributed by atoms with van der Waals surface area (Å²) in [6, 6.07) is 2.33. The summed E-state index contributed by atoms with van der Waals surface area (Å²) in [5.41, 5.74) is -0.914. The van der Waals surface area contributed by atoms with E-state index < -0.39 is 17.6 Å². The third-order valence-corrected chi connectivity index (χ3v) is 2.08. The summed E-state index contributed by atoms with van der Waals surface area (Å²) in [7, 11) is 0. The number of hydrogen-bond donors (Lipinski definition) is 0. The lowest BCUT2D eigenvalue weighted by molar-refractivity contribution is -0.137. The molecule has 0 radical (unpaired) electrons. The lowest BCUT2D eigenvalue weighted by Crippen LogP contribution is -2.05. The summed E-state index contributed by atoms with van der Waals surface area (Å²) in [4.78, 5) is 0. The zero-order valence-electron chi connectivity index (χ0n) is 7.48. The standard InChI is InChI=1S/C10H7BrF4/c11-5-1-2-7-6-8(10(13,14)15)3-4-9(7)12/h1-4,6H,5H2. The molecule has 0 saturated heterocycles. The number of alkyl halides is 4. The van der Waals surface area contributed by atoms with Crippen molar-refractivity contribution in [3.8, 4) is 0 Å². The molecule has 0 nitrogen and oxygen atoms in total. The van der Waals surface area contributed by atoms with Crippen molar-refractivity contribution in [2.75, 3.05) is 5.33 Å². The van der Waals surface area contributed by atoms with Gasteiger partial charge in [0.05, 0.1) is 5.56 Å². The van der Waals surface area contributed by atoms with Crippen LogP contribution in [0.2, 0.25) is 0 Å². The van der Waals surface area contributed by atoms with Crippen molar-refractivity contribution in [1.29, 1.82) is 0 Å². The molecule has 0 heterocycles. The molecule has 0 unspecified atom stereocenters. The molecule has 0 fully saturated rings. The molecule has 1 rings (SSSR count). The van der Waals surface area contributed by atoms with E-state index in [-0.39, 0.29) is 5.56 Å². The highest BCUT2D eigenvalue weighted by Crippen LogP contribution is 2.30. The van der Waals surface area contributed by atoms with E-state index in [2.05, 4.69) is 15.9 Å². The van der Waals surface area contributed by atoms with Crippen molar-refractivity contribution in [3.63, 3.8) is 0 Å². The fourth-order valence-corrected chi connectivity index (χ4v) is 1.21. The van der Waals surface area contributed by atoms with Crippen LogP contribution in [0.3, 0.4) is 0 Å². The minimum absolute atomic E-state index is 0.0655. The SMILES string of the molecule is Fc1ccc(C(F)(F)F)cc1C=CCBr. The van der Waals surface area contributed by atoms with E-state index in [0.717, 1.165) is 18.2 Å². The Balaban J connectivity index is 3.11. The van der Waals surface area contributed by atoms with Crippen LogP contribution in [-0.4, -0.2) is 5.33 Å².